The van der Waals surface area contributed by atoms with Crippen LogP contribution in [-0.4, -0.2) is 24.7 Å². The molecule has 0 radical (unpaired) electrons. The first-order chi connectivity index (χ1) is 8.22. The van der Waals surface area contributed by atoms with Crippen LogP contribution in [0.4, 0.5) is 0 Å². The summed E-state index contributed by atoms with van der Waals surface area (Å²) in [6.07, 6.45) is 2.53. The molecule has 0 aliphatic carbocycles. The number of nitrogens with zero attached hydrogens (tertiary/aromatic N) is 1. The predicted molar refractivity (Wildman–Crippen MR) is 61.8 cm³/mol. The van der Waals surface area contributed by atoms with Crippen LogP contribution in [0, 0.1) is 0 Å². The summed E-state index contributed by atoms with van der Waals surface area (Å²) in [5.74, 6) is 0.148. The minimum absolute atomic E-state index is 0.199. The van der Waals surface area contributed by atoms with Crippen LogP contribution in [-0.2, 0) is 22.5 Å². The topological polar surface area (TPSA) is 61.6 Å². The van der Waals surface area contributed by atoms with Gasteiger partial charge in [-0.2, -0.15) is 0 Å². The third-order valence-electron chi connectivity index (χ3n) is 2.17. The molecule has 1 aromatic heterocycles. The average Bonchev–Trinajstić information content (AvgIpc) is 2.72. The van der Waals surface area contributed by atoms with E-state index in [2.05, 4.69) is 9.72 Å². The summed E-state index contributed by atoms with van der Waals surface area (Å²) >= 11 is 0. The van der Waals surface area contributed by atoms with Gasteiger partial charge in [0.15, 0.2) is 0 Å². The highest BCUT2D eigenvalue weighted by Crippen LogP contribution is 2.15. The number of carbonyl (C=O) groups excluding carboxylic acids is 1. The van der Waals surface area contributed by atoms with Gasteiger partial charge in [0, 0.05) is 6.61 Å². The van der Waals surface area contributed by atoms with Crippen LogP contribution < -0.4 is 0 Å². The van der Waals surface area contributed by atoms with E-state index in [1.54, 1.807) is 0 Å². The summed E-state index contributed by atoms with van der Waals surface area (Å²) in [7, 11) is 1.33. The fraction of sp³-hybridized carbons (Fsp3) is 0.667. The summed E-state index contributed by atoms with van der Waals surface area (Å²) in [5.41, 5.74) is 0.648. The largest absolute Gasteiger partial charge is 0.463 e. The molecule has 96 valence electrons. The minimum Gasteiger partial charge on any atom is -0.463 e. The standard InChI is InChI=1S/C12H19NO4/c1-4-6-9-11(12(14)15-3)17-10(13-9)8-16-7-5-2/h4-8H2,1-3H3. The molecule has 0 fully saturated rings. The molecule has 0 amide bonds. The fourth-order valence-corrected chi connectivity index (χ4v) is 1.42. The number of aryl methyl sites for hydroxylation is 1. The summed E-state index contributed by atoms with van der Waals surface area (Å²) in [6.45, 7) is 4.99. The third kappa shape index (κ3) is 3.85. The predicted octanol–water partition coefficient (Wildman–Crippen LogP) is 2.34. The molecule has 0 bridgehead atoms. The second-order valence-electron chi connectivity index (χ2n) is 3.68. The number of hydrogen-bond donors (Lipinski definition) is 0. The van der Waals surface area contributed by atoms with Crippen LogP contribution in [0.3, 0.4) is 0 Å². The summed E-state index contributed by atoms with van der Waals surface area (Å²) in [5, 5.41) is 0. The molecule has 1 aromatic rings. The average molecular weight is 241 g/mol. The zero-order valence-electron chi connectivity index (χ0n) is 10.6. The zero-order valence-corrected chi connectivity index (χ0v) is 10.6. The maximum atomic E-state index is 11.5. The number of oxazole rings is 1. The first kappa shape index (κ1) is 13.7. The van der Waals surface area contributed by atoms with Crippen LogP contribution in [0.15, 0.2) is 4.42 Å². The summed E-state index contributed by atoms with van der Waals surface area (Å²) in [4.78, 5) is 15.7. The van der Waals surface area contributed by atoms with Crippen LogP contribution >= 0.6 is 0 Å². The molecule has 1 rings (SSSR count). The second kappa shape index (κ2) is 7.06. The Morgan fingerprint density at radius 3 is 2.71 bits per heavy atom. The quantitative estimate of drug-likeness (QED) is 0.541. The van der Waals surface area contributed by atoms with E-state index in [1.807, 2.05) is 13.8 Å². The van der Waals surface area contributed by atoms with Crippen molar-refractivity contribution in [3.8, 4) is 0 Å². The van der Waals surface area contributed by atoms with Gasteiger partial charge in [0.05, 0.1) is 12.8 Å². The molecule has 0 saturated carbocycles. The monoisotopic (exact) mass is 241 g/mol. The van der Waals surface area contributed by atoms with Gasteiger partial charge in [0.2, 0.25) is 11.7 Å². The number of carbonyl (C=O) groups is 1. The minimum atomic E-state index is -0.484. The molecular weight excluding hydrogens is 222 g/mol. The van der Waals surface area contributed by atoms with E-state index in [9.17, 15) is 4.79 Å². The van der Waals surface area contributed by atoms with Crippen molar-refractivity contribution < 1.29 is 18.7 Å². The Morgan fingerprint density at radius 1 is 1.35 bits per heavy atom. The molecule has 0 saturated heterocycles. The van der Waals surface area contributed by atoms with Gasteiger partial charge in [-0.3, -0.25) is 0 Å². The van der Waals surface area contributed by atoms with Gasteiger partial charge in [0.1, 0.15) is 6.61 Å². The molecule has 0 atom stereocenters. The van der Waals surface area contributed by atoms with Crippen LogP contribution in [0.1, 0.15) is 48.8 Å². The van der Waals surface area contributed by atoms with Gasteiger partial charge in [-0.15, -0.1) is 0 Å². The highest BCUT2D eigenvalue weighted by atomic mass is 16.5. The zero-order chi connectivity index (χ0) is 12.7. The number of ether oxygens (including phenoxy) is 2. The molecular formula is C12H19NO4. The van der Waals surface area contributed by atoms with E-state index < -0.39 is 5.97 Å². The number of esters is 1. The molecule has 0 aliphatic rings. The Labute approximate surface area is 101 Å². The lowest BCUT2D eigenvalue weighted by Crippen LogP contribution is -2.03. The lowest BCUT2D eigenvalue weighted by Gasteiger charge is -1.97. The highest BCUT2D eigenvalue weighted by molar-refractivity contribution is 5.87. The van der Waals surface area contributed by atoms with Gasteiger partial charge >= 0.3 is 5.97 Å². The maximum Gasteiger partial charge on any atom is 0.375 e. The number of hydrogen-bond acceptors (Lipinski definition) is 5. The first-order valence-electron chi connectivity index (χ1n) is 5.87. The number of rotatable bonds is 7. The van der Waals surface area contributed by atoms with Crippen molar-refractivity contribution in [2.24, 2.45) is 0 Å². The number of methoxy groups -OCH3 is 1. The van der Waals surface area contributed by atoms with E-state index in [-0.39, 0.29) is 5.76 Å². The van der Waals surface area contributed by atoms with Crippen molar-refractivity contribution >= 4 is 5.97 Å². The molecule has 0 N–H and O–H groups in total. The van der Waals surface area contributed by atoms with Crippen LogP contribution in [0.2, 0.25) is 0 Å². The molecule has 5 nitrogen and oxygen atoms in total. The molecule has 17 heavy (non-hydrogen) atoms. The SMILES string of the molecule is CCCOCc1nc(CCC)c(C(=O)OC)o1. The van der Waals surface area contributed by atoms with Gasteiger partial charge in [-0.05, 0) is 12.8 Å². The van der Waals surface area contributed by atoms with Gasteiger partial charge in [-0.25, -0.2) is 9.78 Å². The lowest BCUT2D eigenvalue weighted by molar-refractivity contribution is 0.0550. The highest BCUT2D eigenvalue weighted by Gasteiger charge is 2.20. The molecule has 0 unspecified atom stereocenters. The molecule has 0 spiro atoms. The van der Waals surface area contributed by atoms with Crippen molar-refractivity contribution in [3.05, 3.63) is 17.3 Å². The molecule has 5 heteroatoms. The molecule has 1 heterocycles. The maximum absolute atomic E-state index is 11.5. The lowest BCUT2D eigenvalue weighted by atomic mass is 10.2. The van der Waals surface area contributed by atoms with E-state index >= 15 is 0 Å². The summed E-state index contributed by atoms with van der Waals surface area (Å²) < 4.78 is 15.3. The van der Waals surface area contributed by atoms with Crippen molar-refractivity contribution in [1.82, 2.24) is 4.98 Å². The molecule has 0 aliphatic heterocycles. The van der Waals surface area contributed by atoms with Crippen molar-refractivity contribution in [2.45, 2.75) is 39.7 Å². The smallest absolute Gasteiger partial charge is 0.375 e. The van der Waals surface area contributed by atoms with Gasteiger partial charge in [-0.1, -0.05) is 20.3 Å². The van der Waals surface area contributed by atoms with Crippen LogP contribution in [0.25, 0.3) is 0 Å². The normalized spacial score (nSPS) is 10.5. The number of aromatic nitrogens is 1. The fourth-order valence-electron chi connectivity index (χ4n) is 1.42. The Kier molecular flexibility index (Phi) is 5.69. The third-order valence-corrected chi connectivity index (χ3v) is 2.17. The Balaban J connectivity index is 2.76. The van der Waals surface area contributed by atoms with E-state index in [1.165, 1.54) is 7.11 Å². The van der Waals surface area contributed by atoms with Crippen molar-refractivity contribution in [3.63, 3.8) is 0 Å². The van der Waals surface area contributed by atoms with Crippen molar-refractivity contribution in [2.75, 3.05) is 13.7 Å². The second-order valence-corrected chi connectivity index (χ2v) is 3.68. The van der Waals surface area contributed by atoms with E-state index in [4.69, 9.17) is 9.15 Å². The van der Waals surface area contributed by atoms with Crippen molar-refractivity contribution in [1.29, 1.82) is 0 Å². The van der Waals surface area contributed by atoms with Gasteiger partial charge < -0.3 is 13.9 Å². The summed E-state index contributed by atoms with van der Waals surface area (Å²) in [6, 6.07) is 0. The van der Waals surface area contributed by atoms with E-state index in [0.717, 1.165) is 12.8 Å². The van der Waals surface area contributed by atoms with Gasteiger partial charge in [0.25, 0.3) is 0 Å². The van der Waals surface area contributed by atoms with Crippen LogP contribution in [0.5, 0.6) is 0 Å². The van der Waals surface area contributed by atoms with E-state index in [0.29, 0.717) is 31.2 Å². The Bertz CT molecular complexity index is 359. The first-order valence-corrected chi connectivity index (χ1v) is 5.87. The Hall–Kier alpha value is -1.36. The molecule has 0 aromatic carbocycles. The Morgan fingerprint density at radius 2 is 2.12 bits per heavy atom.